The zero-order valence-electron chi connectivity index (χ0n) is 17.3. The molecule has 0 spiro atoms. The van der Waals surface area contributed by atoms with Gasteiger partial charge in [-0.3, -0.25) is 0 Å². The van der Waals surface area contributed by atoms with Gasteiger partial charge in [-0.2, -0.15) is 0 Å². The van der Waals surface area contributed by atoms with E-state index in [0.29, 0.717) is 36.7 Å². The van der Waals surface area contributed by atoms with Gasteiger partial charge in [-0.15, -0.1) is 12.4 Å². The van der Waals surface area contributed by atoms with Gasteiger partial charge >= 0.3 is 0 Å². The first kappa shape index (κ1) is 22.2. The predicted molar refractivity (Wildman–Crippen MR) is 122 cm³/mol. The molecule has 4 N–H and O–H groups in total. The molecule has 0 bridgehead atoms. The van der Waals surface area contributed by atoms with Crippen molar-refractivity contribution in [3.05, 3.63) is 35.4 Å². The third-order valence-corrected chi connectivity index (χ3v) is 6.72. The number of halogens is 1. The van der Waals surface area contributed by atoms with Crippen molar-refractivity contribution in [2.75, 3.05) is 0 Å². The number of phenolic OH excluding ortho intramolecular Hbond substituents is 2. The van der Waals surface area contributed by atoms with Crippen molar-refractivity contribution in [1.82, 2.24) is 10.6 Å². The topological polar surface area (TPSA) is 64.5 Å². The molecular formula is C24H35ClN2O2. The first-order chi connectivity index (χ1) is 13.7. The summed E-state index contributed by atoms with van der Waals surface area (Å²) >= 11 is 0. The minimum atomic E-state index is 0. The molecule has 0 atom stereocenters. The second kappa shape index (κ2) is 10.5. The Balaban J connectivity index is 0.00000240. The van der Waals surface area contributed by atoms with Crippen LogP contribution in [0.4, 0.5) is 0 Å². The van der Waals surface area contributed by atoms with E-state index in [2.05, 4.69) is 10.6 Å². The van der Waals surface area contributed by atoms with Gasteiger partial charge in [-0.05, 0) is 48.6 Å². The van der Waals surface area contributed by atoms with Gasteiger partial charge in [-0.25, -0.2) is 0 Å². The van der Waals surface area contributed by atoms with Gasteiger partial charge in [0, 0.05) is 36.3 Å². The molecule has 0 unspecified atom stereocenters. The lowest BCUT2D eigenvalue weighted by Crippen LogP contribution is -2.31. The third kappa shape index (κ3) is 5.36. The molecule has 0 aromatic heterocycles. The monoisotopic (exact) mass is 418 g/mol. The Kier molecular flexibility index (Phi) is 8.05. The van der Waals surface area contributed by atoms with Crippen LogP contribution in [0.5, 0.6) is 11.5 Å². The van der Waals surface area contributed by atoms with E-state index in [1.807, 2.05) is 12.1 Å². The van der Waals surface area contributed by atoms with Gasteiger partial charge in [0.1, 0.15) is 11.5 Å². The lowest BCUT2D eigenvalue weighted by atomic mass is 9.93. The number of phenols is 2. The molecule has 4 rings (SSSR count). The maximum absolute atomic E-state index is 10.5. The van der Waals surface area contributed by atoms with Crippen LogP contribution >= 0.6 is 12.4 Å². The molecule has 0 aliphatic heterocycles. The van der Waals surface area contributed by atoms with E-state index in [-0.39, 0.29) is 12.4 Å². The Hall–Kier alpha value is -1.49. The lowest BCUT2D eigenvalue weighted by Gasteiger charge is -2.24. The minimum absolute atomic E-state index is 0. The summed E-state index contributed by atoms with van der Waals surface area (Å²) in [4.78, 5) is 0. The van der Waals surface area contributed by atoms with Crippen molar-refractivity contribution in [2.24, 2.45) is 0 Å². The van der Waals surface area contributed by atoms with E-state index in [9.17, 15) is 10.2 Å². The van der Waals surface area contributed by atoms with Gasteiger partial charge in [-0.1, -0.05) is 50.7 Å². The predicted octanol–water partition coefficient (Wildman–Crippen LogP) is 5.52. The summed E-state index contributed by atoms with van der Waals surface area (Å²) in [7, 11) is 0. The Morgan fingerprint density at radius 2 is 1.00 bits per heavy atom. The molecular weight excluding hydrogens is 384 g/mol. The van der Waals surface area contributed by atoms with E-state index in [0.717, 1.165) is 21.9 Å². The van der Waals surface area contributed by atoms with Crippen LogP contribution in [0.3, 0.4) is 0 Å². The zero-order valence-corrected chi connectivity index (χ0v) is 18.1. The molecule has 2 aliphatic carbocycles. The number of hydrogen-bond donors (Lipinski definition) is 4. The van der Waals surface area contributed by atoms with E-state index >= 15 is 0 Å². The van der Waals surface area contributed by atoms with Crippen molar-refractivity contribution >= 4 is 23.2 Å². The summed E-state index contributed by atoms with van der Waals surface area (Å²) in [6.07, 6.45) is 12.8. The molecule has 2 aromatic carbocycles. The van der Waals surface area contributed by atoms with Crippen LogP contribution in [0, 0.1) is 0 Å². The molecule has 0 heterocycles. The minimum Gasteiger partial charge on any atom is -0.508 e. The molecule has 160 valence electrons. The van der Waals surface area contributed by atoms with Gasteiger partial charge in [0.25, 0.3) is 0 Å². The fraction of sp³-hybridized carbons (Fsp3) is 0.583. The standard InChI is InChI=1S/C24H34N2O2.ClH/c27-23-13-12-20-19(21(23)15-25-17-7-3-1-4-8-17)11-14-24(28)22(20)16-26-18-9-5-2-6-10-18;/h11-14,17-18,25-28H,1-10,15-16H2;1H. The molecule has 2 aliphatic rings. The fourth-order valence-corrected chi connectivity index (χ4v) is 4.99. The Morgan fingerprint density at radius 3 is 1.38 bits per heavy atom. The second-order valence-corrected chi connectivity index (χ2v) is 8.65. The summed E-state index contributed by atoms with van der Waals surface area (Å²) in [5.74, 6) is 0.681. The Labute approximate surface area is 180 Å². The molecule has 0 saturated heterocycles. The van der Waals surface area contributed by atoms with Crippen molar-refractivity contribution < 1.29 is 10.2 Å². The molecule has 2 aromatic rings. The molecule has 5 heteroatoms. The lowest BCUT2D eigenvalue weighted by molar-refractivity contribution is 0.368. The molecule has 0 amide bonds. The first-order valence-corrected chi connectivity index (χ1v) is 11.1. The summed E-state index contributed by atoms with van der Waals surface area (Å²) in [5.41, 5.74) is 1.89. The van der Waals surface area contributed by atoms with Crippen molar-refractivity contribution in [2.45, 2.75) is 89.4 Å². The van der Waals surface area contributed by atoms with Crippen LogP contribution in [-0.2, 0) is 13.1 Å². The summed E-state index contributed by atoms with van der Waals surface area (Å²) in [5, 5.41) is 30.4. The summed E-state index contributed by atoms with van der Waals surface area (Å²) in [6, 6.07) is 8.56. The van der Waals surface area contributed by atoms with Gasteiger partial charge in [0.05, 0.1) is 0 Å². The zero-order chi connectivity index (χ0) is 19.3. The van der Waals surface area contributed by atoms with E-state index in [1.54, 1.807) is 12.1 Å². The number of benzene rings is 2. The smallest absolute Gasteiger partial charge is 0.120 e. The highest BCUT2D eigenvalue weighted by molar-refractivity contribution is 5.92. The van der Waals surface area contributed by atoms with Crippen LogP contribution in [0.2, 0.25) is 0 Å². The summed E-state index contributed by atoms with van der Waals surface area (Å²) < 4.78 is 0. The van der Waals surface area contributed by atoms with Crippen LogP contribution in [0.15, 0.2) is 24.3 Å². The normalized spacial score (nSPS) is 18.6. The third-order valence-electron chi connectivity index (χ3n) is 6.72. The number of fused-ring (bicyclic) bond motifs is 1. The van der Waals surface area contributed by atoms with E-state index in [1.165, 1.54) is 64.2 Å². The maximum atomic E-state index is 10.5. The van der Waals surface area contributed by atoms with Crippen LogP contribution in [-0.4, -0.2) is 22.3 Å². The molecule has 29 heavy (non-hydrogen) atoms. The second-order valence-electron chi connectivity index (χ2n) is 8.65. The highest BCUT2D eigenvalue weighted by atomic mass is 35.5. The maximum Gasteiger partial charge on any atom is 0.120 e. The molecule has 4 nitrogen and oxygen atoms in total. The van der Waals surface area contributed by atoms with Crippen molar-refractivity contribution in [1.29, 1.82) is 0 Å². The van der Waals surface area contributed by atoms with Crippen LogP contribution in [0.25, 0.3) is 10.8 Å². The van der Waals surface area contributed by atoms with Gasteiger partial charge in [0.15, 0.2) is 0 Å². The average Bonchev–Trinajstić information content (AvgIpc) is 2.74. The van der Waals surface area contributed by atoms with E-state index < -0.39 is 0 Å². The average molecular weight is 419 g/mol. The van der Waals surface area contributed by atoms with Crippen LogP contribution < -0.4 is 10.6 Å². The number of rotatable bonds is 6. The number of nitrogens with one attached hydrogen (secondary N) is 2. The van der Waals surface area contributed by atoms with Gasteiger partial charge < -0.3 is 20.8 Å². The quantitative estimate of drug-likeness (QED) is 0.499. The first-order valence-electron chi connectivity index (χ1n) is 11.1. The SMILES string of the molecule is Cl.Oc1ccc2c(CNC3CCCCC3)c(O)ccc2c1CNC1CCCCC1. The Bertz CT molecular complexity index is 732. The largest absolute Gasteiger partial charge is 0.508 e. The van der Waals surface area contributed by atoms with Gasteiger partial charge in [0.2, 0.25) is 0 Å². The number of hydrogen-bond acceptors (Lipinski definition) is 4. The Morgan fingerprint density at radius 1 is 0.621 bits per heavy atom. The molecule has 2 saturated carbocycles. The summed E-state index contributed by atoms with van der Waals surface area (Å²) in [6.45, 7) is 1.35. The fourth-order valence-electron chi connectivity index (χ4n) is 4.99. The van der Waals surface area contributed by atoms with Crippen LogP contribution in [0.1, 0.15) is 75.3 Å². The highest BCUT2D eigenvalue weighted by Crippen LogP contribution is 2.34. The number of aromatic hydroxyl groups is 2. The van der Waals surface area contributed by atoms with Crippen molar-refractivity contribution in [3.63, 3.8) is 0 Å². The van der Waals surface area contributed by atoms with E-state index in [4.69, 9.17) is 0 Å². The van der Waals surface area contributed by atoms with Crippen molar-refractivity contribution in [3.8, 4) is 11.5 Å². The highest BCUT2D eigenvalue weighted by Gasteiger charge is 2.18. The molecule has 0 radical (unpaired) electrons. The molecule has 2 fully saturated rings.